The Hall–Kier alpha value is -3.09. The standard InChI is InChI=1S/C24H21ClFN3O2/c1-14(2)21(12-30)29-13-27-23-19(24(29)31)11-20(15-6-8-17(25)9-7-15)28-22(23)16-4-3-5-18(26)10-16/h3-11,13-14,21,30H,12H2,1-2H3/t21-/m1/s1. The smallest absolute Gasteiger partial charge is 0.261 e. The van der Waals surface area contributed by atoms with Gasteiger partial charge in [-0.25, -0.2) is 14.4 Å². The van der Waals surface area contributed by atoms with Gasteiger partial charge in [-0.15, -0.1) is 0 Å². The lowest BCUT2D eigenvalue weighted by atomic mass is 10.0. The molecule has 0 aliphatic carbocycles. The van der Waals surface area contributed by atoms with E-state index in [1.807, 2.05) is 26.0 Å². The minimum Gasteiger partial charge on any atom is -0.394 e. The van der Waals surface area contributed by atoms with Crippen LogP contribution >= 0.6 is 11.6 Å². The molecule has 0 spiro atoms. The number of benzene rings is 2. The highest BCUT2D eigenvalue weighted by atomic mass is 35.5. The maximum atomic E-state index is 13.9. The van der Waals surface area contributed by atoms with Crippen LogP contribution in [-0.4, -0.2) is 26.2 Å². The van der Waals surface area contributed by atoms with Gasteiger partial charge in [-0.05, 0) is 36.2 Å². The minimum absolute atomic E-state index is 0.0298. The van der Waals surface area contributed by atoms with Gasteiger partial charge in [0.15, 0.2) is 0 Å². The van der Waals surface area contributed by atoms with Crippen molar-refractivity contribution in [3.63, 3.8) is 0 Å². The summed E-state index contributed by atoms with van der Waals surface area (Å²) in [6, 6.07) is 14.4. The molecule has 0 saturated heterocycles. The van der Waals surface area contributed by atoms with Crippen LogP contribution in [-0.2, 0) is 0 Å². The van der Waals surface area contributed by atoms with E-state index >= 15 is 0 Å². The van der Waals surface area contributed by atoms with Crippen molar-refractivity contribution >= 4 is 22.5 Å². The van der Waals surface area contributed by atoms with Crippen LogP contribution in [0.4, 0.5) is 4.39 Å². The number of fused-ring (bicyclic) bond motifs is 1. The Morgan fingerprint density at radius 2 is 1.84 bits per heavy atom. The van der Waals surface area contributed by atoms with Crippen LogP contribution in [0.1, 0.15) is 19.9 Å². The van der Waals surface area contributed by atoms with Crippen LogP contribution in [0.15, 0.2) is 65.7 Å². The molecule has 0 amide bonds. The van der Waals surface area contributed by atoms with Crippen LogP contribution in [0.25, 0.3) is 33.4 Å². The van der Waals surface area contributed by atoms with E-state index in [4.69, 9.17) is 16.6 Å². The highest BCUT2D eigenvalue weighted by molar-refractivity contribution is 6.30. The second-order valence-corrected chi connectivity index (χ2v) is 8.16. The molecule has 0 fully saturated rings. The van der Waals surface area contributed by atoms with Gasteiger partial charge in [0.2, 0.25) is 0 Å². The molecule has 0 bridgehead atoms. The summed E-state index contributed by atoms with van der Waals surface area (Å²) in [5.74, 6) is -0.375. The minimum atomic E-state index is -0.408. The maximum Gasteiger partial charge on any atom is 0.261 e. The zero-order valence-corrected chi connectivity index (χ0v) is 17.8. The van der Waals surface area contributed by atoms with Crippen LogP contribution in [0.5, 0.6) is 0 Å². The monoisotopic (exact) mass is 437 g/mol. The molecule has 2 aromatic heterocycles. The van der Waals surface area contributed by atoms with E-state index in [1.165, 1.54) is 23.0 Å². The summed E-state index contributed by atoms with van der Waals surface area (Å²) in [6.45, 7) is 3.68. The van der Waals surface area contributed by atoms with Gasteiger partial charge in [0, 0.05) is 16.1 Å². The van der Waals surface area contributed by atoms with Crippen molar-refractivity contribution in [2.45, 2.75) is 19.9 Å². The number of halogens is 2. The average Bonchev–Trinajstić information content (AvgIpc) is 2.75. The van der Waals surface area contributed by atoms with Gasteiger partial charge in [0.25, 0.3) is 5.56 Å². The third-order valence-electron chi connectivity index (χ3n) is 5.32. The average molecular weight is 438 g/mol. The second-order valence-electron chi connectivity index (χ2n) is 7.72. The quantitative estimate of drug-likeness (QED) is 0.471. The van der Waals surface area contributed by atoms with E-state index < -0.39 is 11.9 Å². The van der Waals surface area contributed by atoms with E-state index in [-0.39, 0.29) is 18.1 Å². The van der Waals surface area contributed by atoms with Gasteiger partial charge < -0.3 is 5.11 Å². The van der Waals surface area contributed by atoms with Gasteiger partial charge in [-0.2, -0.15) is 0 Å². The first kappa shape index (κ1) is 21.2. The number of hydrogen-bond acceptors (Lipinski definition) is 4. The number of aliphatic hydroxyl groups excluding tert-OH is 1. The molecule has 1 atom stereocenters. The molecule has 4 rings (SSSR count). The predicted molar refractivity (Wildman–Crippen MR) is 121 cm³/mol. The Morgan fingerprint density at radius 1 is 1.10 bits per heavy atom. The number of aliphatic hydroxyl groups is 1. The van der Waals surface area contributed by atoms with Gasteiger partial charge in [-0.3, -0.25) is 9.36 Å². The van der Waals surface area contributed by atoms with Crippen molar-refractivity contribution < 1.29 is 9.50 Å². The first-order valence-electron chi connectivity index (χ1n) is 9.93. The topological polar surface area (TPSA) is 68.0 Å². The van der Waals surface area contributed by atoms with Crippen molar-refractivity contribution in [2.24, 2.45) is 5.92 Å². The summed E-state index contributed by atoms with van der Waals surface area (Å²) in [5, 5.41) is 10.7. The normalized spacial score (nSPS) is 12.5. The molecule has 0 saturated carbocycles. The third-order valence-corrected chi connectivity index (χ3v) is 5.57. The lowest BCUT2D eigenvalue weighted by molar-refractivity contribution is 0.189. The molecule has 1 N–H and O–H groups in total. The van der Waals surface area contributed by atoms with Gasteiger partial charge >= 0.3 is 0 Å². The van der Waals surface area contributed by atoms with E-state index in [9.17, 15) is 14.3 Å². The zero-order valence-electron chi connectivity index (χ0n) is 17.1. The highest BCUT2D eigenvalue weighted by Gasteiger charge is 2.20. The molecule has 7 heteroatoms. The molecule has 0 radical (unpaired) electrons. The largest absolute Gasteiger partial charge is 0.394 e. The molecule has 0 aliphatic rings. The first-order valence-corrected chi connectivity index (χ1v) is 10.3. The Labute approximate surface area is 183 Å². The van der Waals surface area contributed by atoms with Gasteiger partial charge in [-0.1, -0.05) is 49.7 Å². The Bertz CT molecular complexity index is 1300. The van der Waals surface area contributed by atoms with E-state index in [2.05, 4.69) is 4.98 Å². The number of aromatic nitrogens is 3. The van der Waals surface area contributed by atoms with Gasteiger partial charge in [0.1, 0.15) is 11.3 Å². The van der Waals surface area contributed by atoms with Crippen LogP contribution in [0.2, 0.25) is 5.02 Å². The highest BCUT2D eigenvalue weighted by Crippen LogP contribution is 2.30. The summed E-state index contributed by atoms with van der Waals surface area (Å²) in [4.78, 5) is 22.6. The Morgan fingerprint density at radius 3 is 2.48 bits per heavy atom. The number of nitrogens with zero attached hydrogens (tertiary/aromatic N) is 3. The fraction of sp³-hybridized carbons (Fsp3) is 0.208. The lowest BCUT2D eigenvalue weighted by Crippen LogP contribution is -2.30. The molecule has 2 aromatic carbocycles. The summed E-state index contributed by atoms with van der Waals surface area (Å²) in [7, 11) is 0. The Kier molecular flexibility index (Phi) is 5.85. The molecular formula is C24H21ClFN3O2. The van der Waals surface area contributed by atoms with Crippen molar-refractivity contribution in [2.75, 3.05) is 6.61 Å². The molecule has 4 aromatic rings. The molecule has 0 aliphatic heterocycles. The number of rotatable bonds is 5. The second kappa shape index (κ2) is 8.57. The third kappa shape index (κ3) is 4.09. The summed E-state index contributed by atoms with van der Waals surface area (Å²) >= 11 is 6.02. The van der Waals surface area contributed by atoms with Crippen molar-refractivity contribution in [1.82, 2.24) is 14.5 Å². The van der Waals surface area contributed by atoms with Crippen LogP contribution < -0.4 is 5.56 Å². The van der Waals surface area contributed by atoms with Crippen molar-refractivity contribution in [3.8, 4) is 22.5 Å². The van der Waals surface area contributed by atoms with Crippen LogP contribution in [0, 0.1) is 11.7 Å². The molecular weight excluding hydrogens is 417 g/mol. The molecule has 158 valence electrons. The summed E-state index contributed by atoms with van der Waals surface area (Å²) in [5.41, 5.74) is 2.34. The van der Waals surface area contributed by atoms with E-state index in [0.717, 1.165) is 5.56 Å². The number of hydrogen-bond donors (Lipinski definition) is 1. The van der Waals surface area contributed by atoms with Crippen molar-refractivity contribution in [1.29, 1.82) is 0 Å². The fourth-order valence-electron chi connectivity index (χ4n) is 3.61. The summed E-state index contributed by atoms with van der Waals surface area (Å²) < 4.78 is 15.4. The van der Waals surface area contributed by atoms with Crippen molar-refractivity contribution in [3.05, 3.63) is 82.1 Å². The van der Waals surface area contributed by atoms with Crippen LogP contribution in [0.3, 0.4) is 0 Å². The summed E-state index contributed by atoms with van der Waals surface area (Å²) in [6.07, 6.45) is 1.43. The SMILES string of the molecule is CC(C)[C@@H](CO)n1cnc2c(-c3cccc(F)c3)nc(-c3ccc(Cl)cc3)cc2c1=O. The number of pyridine rings is 1. The lowest BCUT2D eigenvalue weighted by Gasteiger charge is -2.21. The van der Waals surface area contributed by atoms with E-state index in [1.54, 1.807) is 30.3 Å². The molecule has 2 heterocycles. The van der Waals surface area contributed by atoms with E-state index in [0.29, 0.717) is 32.9 Å². The predicted octanol–water partition coefficient (Wildman–Crippen LogP) is 5.11. The molecule has 0 unspecified atom stereocenters. The first-order chi connectivity index (χ1) is 14.9. The zero-order chi connectivity index (χ0) is 22.1. The Balaban J connectivity index is 2.04. The van der Waals surface area contributed by atoms with Gasteiger partial charge in [0.05, 0.1) is 35.8 Å². The maximum absolute atomic E-state index is 13.9. The fourth-order valence-corrected chi connectivity index (χ4v) is 3.73. The molecule has 31 heavy (non-hydrogen) atoms. The molecule has 5 nitrogen and oxygen atoms in total.